The fraction of sp³-hybridized carbons (Fsp3) is 0.462. The minimum Gasteiger partial charge on any atom is -0.328 e. The summed E-state index contributed by atoms with van der Waals surface area (Å²) in [4.78, 5) is 12.8. The third-order valence-electron chi connectivity index (χ3n) is 2.62. The van der Waals surface area contributed by atoms with E-state index in [9.17, 15) is 18.0 Å². The fourth-order valence-electron chi connectivity index (χ4n) is 1.79. The number of amides is 1. The molecular weight excluding hydrogens is 279 g/mol. The molecule has 0 atom stereocenters. The highest BCUT2D eigenvalue weighted by Gasteiger charge is 2.33. The van der Waals surface area contributed by atoms with Crippen molar-refractivity contribution < 1.29 is 18.0 Å². The molecule has 0 heterocycles. The van der Waals surface area contributed by atoms with Crippen LogP contribution in [0.2, 0.25) is 0 Å². The number of nitrogens with zero attached hydrogens (tertiary/aromatic N) is 1. The summed E-state index contributed by atoms with van der Waals surface area (Å²) in [5, 5.41) is 0. The summed E-state index contributed by atoms with van der Waals surface area (Å²) in [5.74, 6) is -0.678. The van der Waals surface area contributed by atoms with Gasteiger partial charge in [-0.3, -0.25) is 4.79 Å². The molecule has 0 bridgehead atoms. The van der Waals surface area contributed by atoms with Crippen LogP contribution in [0.4, 0.5) is 13.2 Å². The smallest absolute Gasteiger partial charge is 0.328 e. The molecule has 1 amide bonds. The summed E-state index contributed by atoms with van der Waals surface area (Å²) >= 11 is 5.46. The van der Waals surface area contributed by atoms with Crippen molar-refractivity contribution in [2.45, 2.75) is 20.0 Å². The van der Waals surface area contributed by atoms with Crippen LogP contribution in [0.15, 0.2) is 18.2 Å². The lowest BCUT2D eigenvalue weighted by molar-refractivity contribution is -0.140. The van der Waals surface area contributed by atoms with Gasteiger partial charge in [-0.2, -0.15) is 13.2 Å². The zero-order valence-corrected chi connectivity index (χ0v) is 11.5. The number of rotatable bonds is 4. The number of halogens is 4. The van der Waals surface area contributed by atoms with Gasteiger partial charge in [-0.15, -0.1) is 11.6 Å². The van der Waals surface area contributed by atoms with Gasteiger partial charge in [0.15, 0.2) is 0 Å². The van der Waals surface area contributed by atoms with Gasteiger partial charge in [0.05, 0.1) is 0 Å². The van der Waals surface area contributed by atoms with Crippen LogP contribution in [0, 0.1) is 13.8 Å². The van der Waals surface area contributed by atoms with Crippen LogP contribution in [0.3, 0.4) is 0 Å². The summed E-state index contributed by atoms with van der Waals surface area (Å²) in [5.41, 5.74) is 1.89. The van der Waals surface area contributed by atoms with Gasteiger partial charge in [-0.1, -0.05) is 17.7 Å². The number of hydrogen-bond donors (Lipinski definition) is 0. The summed E-state index contributed by atoms with van der Waals surface area (Å²) in [7, 11) is 0. The molecule has 1 aromatic carbocycles. The van der Waals surface area contributed by atoms with Crippen molar-refractivity contribution in [1.82, 2.24) is 4.90 Å². The van der Waals surface area contributed by atoms with Gasteiger partial charge < -0.3 is 4.90 Å². The quantitative estimate of drug-likeness (QED) is 0.778. The molecule has 0 aliphatic heterocycles. The summed E-state index contributed by atoms with van der Waals surface area (Å²) in [6, 6.07) is 5.01. The molecule has 0 spiro atoms. The number of hydrogen-bond acceptors (Lipinski definition) is 1. The second-order valence-electron chi connectivity index (χ2n) is 4.35. The molecule has 0 radical (unpaired) electrons. The van der Waals surface area contributed by atoms with Crippen molar-refractivity contribution in [1.29, 1.82) is 0 Å². The van der Waals surface area contributed by atoms with Crippen LogP contribution in [0.1, 0.15) is 21.5 Å². The molecule has 0 unspecified atom stereocenters. The standard InChI is InChI=1S/C13H15ClF3NO/c1-9-3-4-11(10(2)7-9)12(19)18(6-5-14)8-13(15,16)17/h3-4,7H,5-6,8H2,1-2H3. The summed E-state index contributed by atoms with van der Waals surface area (Å²) < 4.78 is 37.3. The van der Waals surface area contributed by atoms with E-state index in [0.717, 1.165) is 10.5 Å². The molecule has 0 aliphatic rings. The molecule has 0 saturated heterocycles. The highest BCUT2D eigenvalue weighted by Crippen LogP contribution is 2.19. The van der Waals surface area contributed by atoms with E-state index in [1.165, 1.54) is 0 Å². The zero-order valence-electron chi connectivity index (χ0n) is 10.7. The number of benzene rings is 1. The van der Waals surface area contributed by atoms with Gasteiger partial charge in [0.2, 0.25) is 0 Å². The summed E-state index contributed by atoms with van der Waals surface area (Å²) in [6.45, 7) is 2.14. The van der Waals surface area contributed by atoms with Gasteiger partial charge in [0.1, 0.15) is 6.54 Å². The van der Waals surface area contributed by atoms with E-state index in [0.29, 0.717) is 5.56 Å². The topological polar surface area (TPSA) is 20.3 Å². The van der Waals surface area contributed by atoms with Gasteiger partial charge in [-0.25, -0.2) is 0 Å². The minimum atomic E-state index is -4.43. The second kappa shape index (κ2) is 6.28. The maximum absolute atomic E-state index is 12.4. The molecule has 0 aliphatic carbocycles. The van der Waals surface area contributed by atoms with Crippen molar-refractivity contribution in [3.05, 3.63) is 34.9 Å². The van der Waals surface area contributed by atoms with E-state index in [2.05, 4.69) is 0 Å². The maximum atomic E-state index is 12.4. The molecule has 0 N–H and O–H groups in total. The molecule has 1 rings (SSSR count). The molecule has 106 valence electrons. The van der Waals surface area contributed by atoms with Crippen LogP contribution in [-0.2, 0) is 0 Å². The Kier molecular flexibility index (Phi) is 5.23. The third kappa shape index (κ3) is 4.74. The van der Waals surface area contributed by atoms with Crippen LogP contribution in [0.25, 0.3) is 0 Å². The Balaban J connectivity index is 2.99. The molecule has 0 aromatic heterocycles. The zero-order chi connectivity index (χ0) is 14.6. The minimum absolute atomic E-state index is 0.0350. The number of carbonyl (C=O) groups excluding carboxylic acids is 1. The highest BCUT2D eigenvalue weighted by molar-refractivity contribution is 6.18. The average molecular weight is 294 g/mol. The largest absolute Gasteiger partial charge is 0.406 e. The predicted molar refractivity (Wildman–Crippen MR) is 68.6 cm³/mol. The Morgan fingerprint density at radius 3 is 2.42 bits per heavy atom. The molecule has 2 nitrogen and oxygen atoms in total. The fourth-order valence-corrected chi connectivity index (χ4v) is 2.00. The normalized spacial score (nSPS) is 11.5. The molecule has 1 aromatic rings. The lowest BCUT2D eigenvalue weighted by atomic mass is 10.0. The van der Waals surface area contributed by atoms with Crippen LogP contribution < -0.4 is 0 Å². The maximum Gasteiger partial charge on any atom is 0.406 e. The SMILES string of the molecule is Cc1ccc(C(=O)N(CCCl)CC(F)(F)F)c(C)c1. The molecule has 19 heavy (non-hydrogen) atoms. The van der Waals surface area contributed by atoms with Gasteiger partial charge in [0, 0.05) is 18.0 Å². The predicted octanol–water partition coefficient (Wildman–Crippen LogP) is 3.55. The van der Waals surface area contributed by atoms with Crippen LogP contribution in [0.5, 0.6) is 0 Å². The second-order valence-corrected chi connectivity index (χ2v) is 4.73. The van der Waals surface area contributed by atoms with Gasteiger partial charge in [-0.05, 0) is 25.5 Å². The Morgan fingerprint density at radius 2 is 1.95 bits per heavy atom. The summed E-state index contributed by atoms with van der Waals surface area (Å²) in [6.07, 6.45) is -4.43. The van der Waals surface area contributed by atoms with Crippen molar-refractivity contribution in [2.24, 2.45) is 0 Å². The molecule has 0 fully saturated rings. The number of aryl methyl sites for hydroxylation is 2. The number of alkyl halides is 4. The van der Waals surface area contributed by atoms with Gasteiger partial charge >= 0.3 is 6.18 Å². The molecule has 0 saturated carbocycles. The Morgan fingerprint density at radius 1 is 1.32 bits per heavy atom. The first-order valence-electron chi connectivity index (χ1n) is 5.74. The Labute approximate surface area is 115 Å². The van der Waals surface area contributed by atoms with Crippen molar-refractivity contribution in [2.75, 3.05) is 19.0 Å². The number of carbonyl (C=O) groups is 1. The first kappa shape index (κ1) is 15.8. The first-order valence-corrected chi connectivity index (χ1v) is 6.27. The van der Waals surface area contributed by atoms with E-state index in [4.69, 9.17) is 11.6 Å². The Hall–Kier alpha value is -1.23. The van der Waals surface area contributed by atoms with Crippen LogP contribution in [-0.4, -0.2) is 36.0 Å². The van der Waals surface area contributed by atoms with E-state index in [1.807, 2.05) is 6.92 Å². The lowest BCUT2D eigenvalue weighted by Crippen LogP contribution is -2.40. The van der Waals surface area contributed by atoms with Crippen molar-refractivity contribution >= 4 is 17.5 Å². The molecule has 6 heteroatoms. The van der Waals surface area contributed by atoms with E-state index in [1.54, 1.807) is 25.1 Å². The lowest BCUT2D eigenvalue weighted by Gasteiger charge is -2.24. The average Bonchev–Trinajstić information content (AvgIpc) is 2.26. The molecular formula is C13H15ClF3NO. The van der Waals surface area contributed by atoms with Crippen LogP contribution >= 0.6 is 11.6 Å². The first-order chi connectivity index (χ1) is 8.74. The van der Waals surface area contributed by atoms with E-state index < -0.39 is 18.6 Å². The van der Waals surface area contributed by atoms with Gasteiger partial charge in [0.25, 0.3) is 5.91 Å². The van der Waals surface area contributed by atoms with Crippen molar-refractivity contribution in [3.63, 3.8) is 0 Å². The Bertz CT molecular complexity index is 460. The van der Waals surface area contributed by atoms with Crippen molar-refractivity contribution in [3.8, 4) is 0 Å². The highest BCUT2D eigenvalue weighted by atomic mass is 35.5. The third-order valence-corrected chi connectivity index (χ3v) is 2.79. The monoisotopic (exact) mass is 293 g/mol. The van der Waals surface area contributed by atoms with E-state index >= 15 is 0 Å². The van der Waals surface area contributed by atoms with E-state index in [-0.39, 0.29) is 18.0 Å².